The van der Waals surface area contributed by atoms with Crippen LogP contribution in [0, 0.1) is 25.6 Å². The third kappa shape index (κ3) is 6.40. The molecule has 1 heterocycles. The summed E-state index contributed by atoms with van der Waals surface area (Å²) in [5.74, 6) is 1.63. The van der Waals surface area contributed by atoms with Crippen LogP contribution in [0.15, 0.2) is 42.5 Å². The number of pyridine rings is 1. The molecule has 7 heteroatoms. The fraction of sp³-hybridized carbons (Fsp3) is 0.393. The molecule has 2 aromatic carbocycles. The third-order valence-corrected chi connectivity index (χ3v) is 7.36. The first-order valence-corrected chi connectivity index (χ1v) is 14.0. The van der Waals surface area contributed by atoms with Crippen LogP contribution >= 0.6 is 0 Å². The second kappa shape index (κ2) is 10.4. The Morgan fingerprint density at radius 1 is 1.03 bits per heavy atom. The average Bonchev–Trinajstić information content (AvgIpc) is 3.15. The van der Waals surface area contributed by atoms with E-state index in [0.717, 1.165) is 41.0 Å². The van der Waals surface area contributed by atoms with E-state index in [0.29, 0.717) is 23.8 Å². The van der Waals surface area contributed by atoms with Crippen molar-refractivity contribution in [2.45, 2.75) is 46.6 Å². The van der Waals surface area contributed by atoms with Gasteiger partial charge in [-0.05, 0) is 85.5 Å². The number of halogens is 1. The van der Waals surface area contributed by atoms with E-state index in [1.807, 2.05) is 32.0 Å². The van der Waals surface area contributed by atoms with Crippen LogP contribution in [0.25, 0.3) is 11.1 Å². The second-order valence-corrected chi connectivity index (χ2v) is 11.9. The lowest BCUT2D eigenvalue weighted by atomic mass is 9.97. The molecule has 0 saturated carbocycles. The van der Waals surface area contributed by atoms with Crippen molar-refractivity contribution in [2.24, 2.45) is 5.92 Å². The Hall–Kier alpha value is -2.93. The first-order chi connectivity index (χ1) is 16.6. The number of hydrogen-bond donors (Lipinski definition) is 0. The SMILES string of the molecule is Cc1cc(OCCCS(C)(=O)=O)nc(C)c1-c1ccc(F)c(COc2ccc3c(c2)CC(C)C3)c1. The van der Waals surface area contributed by atoms with Gasteiger partial charge < -0.3 is 9.47 Å². The molecule has 35 heavy (non-hydrogen) atoms. The lowest BCUT2D eigenvalue weighted by Crippen LogP contribution is -2.09. The number of aryl methyl sites for hydroxylation is 2. The number of ether oxygens (including phenoxy) is 2. The molecule has 0 saturated heterocycles. The van der Waals surface area contributed by atoms with Crippen LogP contribution in [0.3, 0.4) is 0 Å². The summed E-state index contributed by atoms with van der Waals surface area (Å²) < 4.78 is 48.8. The topological polar surface area (TPSA) is 65.5 Å². The molecular formula is C28H32FNO4S. The first-order valence-electron chi connectivity index (χ1n) is 11.9. The number of sulfone groups is 1. The molecule has 0 amide bonds. The van der Waals surface area contributed by atoms with E-state index in [1.54, 1.807) is 6.07 Å². The van der Waals surface area contributed by atoms with Crippen molar-refractivity contribution in [3.63, 3.8) is 0 Å². The van der Waals surface area contributed by atoms with Crippen LogP contribution in [-0.2, 0) is 29.3 Å². The molecule has 1 atom stereocenters. The fourth-order valence-corrected chi connectivity index (χ4v) is 5.35. The summed E-state index contributed by atoms with van der Waals surface area (Å²) in [6.07, 6.45) is 3.77. The van der Waals surface area contributed by atoms with Crippen LogP contribution in [0.1, 0.15) is 41.3 Å². The predicted molar refractivity (Wildman–Crippen MR) is 136 cm³/mol. The zero-order valence-corrected chi connectivity index (χ0v) is 21.5. The van der Waals surface area contributed by atoms with Crippen molar-refractivity contribution in [3.05, 3.63) is 76.2 Å². The number of hydrogen-bond acceptors (Lipinski definition) is 5. The Kier molecular flexibility index (Phi) is 7.45. The van der Waals surface area contributed by atoms with Gasteiger partial charge in [-0.2, -0.15) is 0 Å². The van der Waals surface area contributed by atoms with Crippen molar-refractivity contribution >= 4 is 9.84 Å². The molecule has 5 nitrogen and oxygen atoms in total. The summed E-state index contributed by atoms with van der Waals surface area (Å²) >= 11 is 0. The summed E-state index contributed by atoms with van der Waals surface area (Å²) in [5, 5.41) is 0. The lowest BCUT2D eigenvalue weighted by molar-refractivity contribution is 0.299. The molecule has 0 aliphatic heterocycles. The third-order valence-electron chi connectivity index (χ3n) is 6.33. The van der Waals surface area contributed by atoms with Gasteiger partial charge in [0.05, 0.1) is 12.4 Å². The van der Waals surface area contributed by atoms with Crippen LogP contribution in [-0.4, -0.2) is 32.0 Å². The van der Waals surface area contributed by atoms with E-state index >= 15 is 0 Å². The number of rotatable bonds is 9. The van der Waals surface area contributed by atoms with Crippen molar-refractivity contribution in [2.75, 3.05) is 18.6 Å². The van der Waals surface area contributed by atoms with Gasteiger partial charge in [-0.25, -0.2) is 17.8 Å². The van der Waals surface area contributed by atoms with Gasteiger partial charge in [0.2, 0.25) is 5.88 Å². The number of aromatic nitrogens is 1. The minimum absolute atomic E-state index is 0.0774. The van der Waals surface area contributed by atoms with Crippen LogP contribution in [0.5, 0.6) is 11.6 Å². The Balaban J connectivity index is 1.47. The predicted octanol–water partition coefficient (Wildman–Crippen LogP) is 5.63. The summed E-state index contributed by atoms with van der Waals surface area (Å²) in [5.41, 5.74) is 6.66. The normalized spacial score (nSPS) is 15.2. The maximum absolute atomic E-state index is 14.6. The van der Waals surface area contributed by atoms with Gasteiger partial charge in [-0.15, -0.1) is 0 Å². The highest BCUT2D eigenvalue weighted by Gasteiger charge is 2.18. The quantitative estimate of drug-likeness (QED) is 0.359. The zero-order valence-electron chi connectivity index (χ0n) is 20.7. The van der Waals surface area contributed by atoms with Gasteiger partial charge in [0, 0.05) is 29.1 Å². The molecule has 0 spiro atoms. The van der Waals surface area contributed by atoms with E-state index in [9.17, 15) is 12.8 Å². The van der Waals surface area contributed by atoms with Crippen LogP contribution in [0.2, 0.25) is 0 Å². The highest BCUT2D eigenvalue weighted by Crippen LogP contribution is 2.32. The highest BCUT2D eigenvalue weighted by molar-refractivity contribution is 7.90. The van der Waals surface area contributed by atoms with Crippen molar-refractivity contribution in [3.8, 4) is 22.8 Å². The van der Waals surface area contributed by atoms with Gasteiger partial charge in [-0.3, -0.25) is 0 Å². The van der Waals surface area contributed by atoms with Gasteiger partial charge in [0.1, 0.15) is 28.0 Å². The molecule has 186 valence electrons. The van der Waals surface area contributed by atoms with Crippen molar-refractivity contribution in [1.29, 1.82) is 0 Å². The monoisotopic (exact) mass is 497 g/mol. The Morgan fingerprint density at radius 2 is 1.80 bits per heavy atom. The van der Waals surface area contributed by atoms with Gasteiger partial charge in [-0.1, -0.05) is 19.1 Å². The largest absolute Gasteiger partial charge is 0.489 e. The maximum Gasteiger partial charge on any atom is 0.213 e. The zero-order chi connectivity index (χ0) is 25.2. The van der Waals surface area contributed by atoms with Gasteiger partial charge >= 0.3 is 0 Å². The Bertz CT molecular complexity index is 1310. The van der Waals surface area contributed by atoms with E-state index in [-0.39, 0.29) is 24.8 Å². The molecule has 0 fully saturated rings. The van der Waals surface area contributed by atoms with Crippen molar-refractivity contribution in [1.82, 2.24) is 4.98 Å². The number of nitrogens with zero attached hydrogens (tertiary/aromatic N) is 1. The minimum Gasteiger partial charge on any atom is -0.489 e. The van der Waals surface area contributed by atoms with E-state index in [2.05, 4.69) is 24.0 Å². The molecule has 0 N–H and O–H groups in total. The number of benzene rings is 2. The molecule has 1 unspecified atom stereocenters. The Labute approximate surface area is 207 Å². The molecule has 4 rings (SSSR count). The summed E-state index contributed by atoms with van der Waals surface area (Å²) in [4.78, 5) is 4.53. The fourth-order valence-electron chi connectivity index (χ4n) is 4.71. The maximum atomic E-state index is 14.6. The van der Waals surface area contributed by atoms with Gasteiger partial charge in [0.25, 0.3) is 0 Å². The van der Waals surface area contributed by atoms with Gasteiger partial charge in [0.15, 0.2) is 0 Å². The molecular weight excluding hydrogens is 465 g/mol. The molecule has 1 aromatic heterocycles. The van der Waals surface area contributed by atoms with Crippen LogP contribution < -0.4 is 9.47 Å². The Morgan fingerprint density at radius 3 is 2.54 bits per heavy atom. The minimum atomic E-state index is -3.01. The van der Waals surface area contributed by atoms with Crippen LogP contribution in [0.4, 0.5) is 4.39 Å². The van der Waals surface area contributed by atoms with E-state index < -0.39 is 9.84 Å². The molecule has 1 aliphatic rings. The molecule has 1 aliphatic carbocycles. The molecule has 0 bridgehead atoms. The lowest BCUT2D eigenvalue weighted by Gasteiger charge is -2.15. The molecule has 3 aromatic rings. The van der Waals surface area contributed by atoms with Crippen molar-refractivity contribution < 1.29 is 22.3 Å². The number of fused-ring (bicyclic) bond motifs is 1. The highest BCUT2D eigenvalue weighted by atomic mass is 32.2. The summed E-state index contributed by atoms with van der Waals surface area (Å²) in [6.45, 7) is 6.51. The smallest absolute Gasteiger partial charge is 0.213 e. The second-order valence-electron chi connectivity index (χ2n) is 9.61. The average molecular weight is 498 g/mol. The van der Waals surface area contributed by atoms with E-state index in [4.69, 9.17) is 9.47 Å². The summed E-state index contributed by atoms with van der Waals surface area (Å²) in [6, 6.07) is 13.0. The standard InChI is InChI=1S/C28H32FNO4S/c1-18-12-21-6-8-25(16-23(21)13-18)34-17-24-15-22(7-9-26(24)29)28-19(2)14-27(30-20(28)3)33-10-5-11-35(4,31)32/h6-9,14-16,18H,5,10-13,17H2,1-4H3. The van der Waals surface area contributed by atoms with E-state index in [1.165, 1.54) is 23.4 Å². The molecule has 0 radical (unpaired) electrons. The summed E-state index contributed by atoms with van der Waals surface area (Å²) in [7, 11) is -3.01. The first kappa shape index (κ1) is 25.2.